The van der Waals surface area contributed by atoms with E-state index in [4.69, 9.17) is 9.84 Å². The molecule has 100 valence electrons. The van der Waals surface area contributed by atoms with Gasteiger partial charge >= 0.3 is 12.1 Å². The van der Waals surface area contributed by atoms with Crippen LogP contribution in [0.15, 0.2) is 24.3 Å². The Bertz CT molecular complexity index is 541. The van der Waals surface area contributed by atoms with E-state index in [9.17, 15) is 14.0 Å². The van der Waals surface area contributed by atoms with Crippen molar-refractivity contribution in [3.8, 4) is 0 Å². The maximum atomic E-state index is 13.8. The Morgan fingerprint density at radius 3 is 2.89 bits per heavy atom. The highest BCUT2D eigenvalue weighted by Gasteiger charge is 2.22. The Morgan fingerprint density at radius 1 is 1.53 bits per heavy atom. The van der Waals surface area contributed by atoms with E-state index in [1.54, 1.807) is 6.07 Å². The van der Waals surface area contributed by atoms with Crippen LogP contribution in [0.5, 0.6) is 0 Å². The summed E-state index contributed by atoms with van der Waals surface area (Å²) in [6, 6.07) is 4.36. The number of hydrogen-bond acceptors (Lipinski definition) is 3. The van der Waals surface area contributed by atoms with E-state index in [1.807, 2.05) is 0 Å². The quantitative estimate of drug-likeness (QED) is 0.844. The predicted molar refractivity (Wildman–Crippen MR) is 64.8 cm³/mol. The summed E-state index contributed by atoms with van der Waals surface area (Å²) in [5.74, 6) is -1.57. The molecule has 1 amide bonds. The second kappa shape index (κ2) is 5.51. The second-order valence-corrected chi connectivity index (χ2v) is 4.06. The summed E-state index contributed by atoms with van der Waals surface area (Å²) < 4.78 is 18.5. The fourth-order valence-electron chi connectivity index (χ4n) is 1.74. The largest absolute Gasteiger partial charge is 0.478 e. The molecule has 5 nitrogen and oxygen atoms in total. The van der Waals surface area contributed by atoms with Gasteiger partial charge in [-0.25, -0.2) is 14.0 Å². The molecule has 1 aliphatic rings. The number of carboxylic acids is 1. The van der Waals surface area contributed by atoms with Crippen LogP contribution in [0.25, 0.3) is 6.08 Å². The van der Waals surface area contributed by atoms with E-state index < -0.39 is 17.9 Å². The van der Waals surface area contributed by atoms with Crippen LogP contribution in [0.3, 0.4) is 0 Å². The van der Waals surface area contributed by atoms with Crippen molar-refractivity contribution in [2.24, 2.45) is 0 Å². The summed E-state index contributed by atoms with van der Waals surface area (Å²) in [5.41, 5.74) is 0.818. The molecule has 1 aromatic carbocycles. The Kier molecular flexibility index (Phi) is 3.79. The van der Waals surface area contributed by atoms with Crippen LogP contribution in [-0.4, -0.2) is 35.2 Å². The first-order chi connectivity index (χ1) is 9.06. The van der Waals surface area contributed by atoms with Gasteiger partial charge in [-0.1, -0.05) is 12.1 Å². The molecule has 0 aromatic heterocycles. The lowest BCUT2D eigenvalue weighted by Gasteiger charge is -2.13. The lowest BCUT2D eigenvalue weighted by molar-refractivity contribution is -0.131. The number of cyclic esters (lactones) is 1. The molecule has 1 heterocycles. The van der Waals surface area contributed by atoms with E-state index in [2.05, 4.69) is 0 Å². The van der Waals surface area contributed by atoms with Gasteiger partial charge in [0.05, 0.1) is 13.1 Å². The summed E-state index contributed by atoms with van der Waals surface area (Å²) in [7, 11) is 0. The van der Waals surface area contributed by atoms with Crippen LogP contribution < -0.4 is 0 Å². The van der Waals surface area contributed by atoms with Crippen LogP contribution in [0.4, 0.5) is 9.18 Å². The minimum atomic E-state index is -1.09. The lowest BCUT2D eigenvalue weighted by Crippen LogP contribution is -2.24. The molecule has 0 saturated carbocycles. The number of nitrogens with zero attached hydrogens (tertiary/aromatic N) is 1. The molecule has 19 heavy (non-hydrogen) atoms. The highest BCUT2D eigenvalue weighted by atomic mass is 19.1. The third-order valence-corrected chi connectivity index (χ3v) is 2.70. The van der Waals surface area contributed by atoms with Gasteiger partial charge in [-0.15, -0.1) is 0 Å². The molecule has 0 aliphatic carbocycles. The molecule has 1 fully saturated rings. The highest BCUT2D eigenvalue weighted by molar-refractivity contribution is 5.85. The molecule has 0 unspecified atom stereocenters. The number of hydrogen-bond donors (Lipinski definition) is 1. The Hall–Kier alpha value is -2.37. The Labute approximate surface area is 108 Å². The van der Waals surface area contributed by atoms with E-state index >= 15 is 0 Å². The third-order valence-electron chi connectivity index (χ3n) is 2.70. The zero-order valence-electron chi connectivity index (χ0n) is 10.0. The van der Waals surface area contributed by atoms with E-state index in [0.29, 0.717) is 24.3 Å². The topological polar surface area (TPSA) is 66.8 Å². The minimum absolute atomic E-state index is 0.146. The fourth-order valence-corrected chi connectivity index (χ4v) is 1.74. The van der Waals surface area contributed by atoms with Gasteiger partial charge in [0, 0.05) is 11.6 Å². The lowest BCUT2D eigenvalue weighted by atomic mass is 10.1. The molecule has 0 spiro atoms. The molecular weight excluding hydrogens is 253 g/mol. The van der Waals surface area contributed by atoms with Crippen molar-refractivity contribution in [1.29, 1.82) is 0 Å². The first kappa shape index (κ1) is 13.1. The monoisotopic (exact) mass is 265 g/mol. The molecule has 1 saturated heterocycles. The van der Waals surface area contributed by atoms with Crippen LogP contribution in [-0.2, 0) is 16.1 Å². The van der Waals surface area contributed by atoms with Crippen LogP contribution in [0, 0.1) is 5.82 Å². The first-order valence-corrected chi connectivity index (χ1v) is 5.67. The number of carbonyl (C=O) groups is 2. The average molecular weight is 265 g/mol. The van der Waals surface area contributed by atoms with Crippen molar-refractivity contribution >= 4 is 18.1 Å². The average Bonchev–Trinajstić information content (AvgIpc) is 2.75. The normalized spacial score (nSPS) is 15.0. The predicted octanol–water partition coefficient (Wildman–Crippen LogP) is 1.88. The molecule has 6 heteroatoms. The summed E-state index contributed by atoms with van der Waals surface area (Å²) >= 11 is 0. The van der Waals surface area contributed by atoms with Gasteiger partial charge in [0.1, 0.15) is 12.4 Å². The molecule has 1 N–H and O–H groups in total. The number of carbonyl (C=O) groups excluding carboxylic acids is 1. The molecule has 0 atom stereocenters. The molecular formula is C13H12FNO4. The van der Waals surface area contributed by atoms with Gasteiger partial charge in [0.15, 0.2) is 0 Å². The van der Waals surface area contributed by atoms with Gasteiger partial charge in [0.2, 0.25) is 0 Å². The van der Waals surface area contributed by atoms with E-state index in [1.165, 1.54) is 23.1 Å². The third kappa shape index (κ3) is 3.31. The summed E-state index contributed by atoms with van der Waals surface area (Å²) in [5, 5.41) is 8.48. The van der Waals surface area contributed by atoms with Crippen molar-refractivity contribution in [2.75, 3.05) is 13.2 Å². The van der Waals surface area contributed by atoms with Crippen molar-refractivity contribution in [3.63, 3.8) is 0 Å². The number of halogens is 1. The highest BCUT2D eigenvalue weighted by Crippen LogP contribution is 2.16. The Balaban J connectivity index is 2.10. The number of amides is 1. The van der Waals surface area contributed by atoms with E-state index in [-0.39, 0.29) is 6.54 Å². The van der Waals surface area contributed by atoms with Gasteiger partial charge in [-0.05, 0) is 17.7 Å². The van der Waals surface area contributed by atoms with Gasteiger partial charge in [-0.2, -0.15) is 0 Å². The standard InChI is InChI=1S/C13H12FNO4/c14-11-7-9(2-4-12(16)17)1-3-10(11)8-15-5-6-19-13(15)18/h1-4,7H,5-6,8H2,(H,16,17)/b4-2+. The van der Waals surface area contributed by atoms with Crippen molar-refractivity contribution in [3.05, 3.63) is 41.2 Å². The molecule has 0 radical (unpaired) electrons. The van der Waals surface area contributed by atoms with Crippen molar-refractivity contribution in [2.45, 2.75) is 6.54 Å². The molecule has 1 aromatic rings. The minimum Gasteiger partial charge on any atom is -0.478 e. The van der Waals surface area contributed by atoms with E-state index in [0.717, 1.165) is 6.08 Å². The van der Waals surface area contributed by atoms with Gasteiger partial charge in [0.25, 0.3) is 0 Å². The van der Waals surface area contributed by atoms with Crippen LogP contribution >= 0.6 is 0 Å². The number of ether oxygens (including phenoxy) is 1. The zero-order chi connectivity index (χ0) is 13.8. The Morgan fingerprint density at radius 2 is 2.32 bits per heavy atom. The molecule has 2 rings (SSSR count). The van der Waals surface area contributed by atoms with Crippen molar-refractivity contribution < 1.29 is 23.8 Å². The second-order valence-electron chi connectivity index (χ2n) is 4.06. The SMILES string of the molecule is O=C(O)/C=C/c1ccc(CN2CCOC2=O)c(F)c1. The smallest absolute Gasteiger partial charge is 0.410 e. The number of aliphatic carboxylic acids is 1. The fraction of sp³-hybridized carbons (Fsp3) is 0.231. The number of rotatable bonds is 4. The van der Waals surface area contributed by atoms with Crippen LogP contribution in [0.2, 0.25) is 0 Å². The molecule has 1 aliphatic heterocycles. The van der Waals surface area contributed by atoms with Gasteiger partial charge < -0.3 is 14.7 Å². The van der Waals surface area contributed by atoms with Crippen molar-refractivity contribution in [1.82, 2.24) is 4.90 Å². The zero-order valence-corrected chi connectivity index (χ0v) is 10.0. The number of benzene rings is 1. The molecule has 0 bridgehead atoms. The summed E-state index contributed by atoms with van der Waals surface area (Å²) in [6.07, 6.45) is 1.79. The summed E-state index contributed by atoms with van der Waals surface area (Å²) in [4.78, 5) is 23.0. The first-order valence-electron chi connectivity index (χ1n) is 5.67. The maximum Gasteiger partial charge on any atom is 0.410 e. The summed E-state index contributed by atoms with van der Waals surface area (Å²) in [6.45, 7) is 0.909. The van der Waals surface area contributed by atoms with Gasteiger partial charge in [-0.3, -0.25) is 0 Å². The van der Waals surface area contributed by atoms with Crippen LogP contribution in [0.1, 0.15) is 11.1 Å². The number of carboxylic acid groups (broad SMARTS) is 1. The maximum absolute atomic E-state index is 13.8.